The van der Waals surface area contributed by atoms with Gasteiger partial charge in [0.25, 0.3) is 0 Å². The molecule has 4 heterocycles. The molecule has 0 saturated carbocycles. The molecule has 1 aromatic heterocycles. The number of oxazole rings is 1. The number of aromatic nitrogens is 1. The lowest BCUT2D eigenvalue weighted by Gasteiger charge is -2.35. The van der Waals surface area contributed by atoms with E-state index < -0.39 is 29.9 Å². The van der Waals surface area contributed by atoms with Gasteiger partial charge in [0, 0.05) is 45.4 Å². The molecule has 0 radical (unpaired) electrons. The molecular formula is C31H44N2O10. The second kappa shape index (κ2) is 15.5. The Morgan fingerprint density at radius 3 is 2.79 bits per heavy atom. The van der Waals surface area contributed by atoms with Gasteiger partial charge in [0.2, 0.25) is 5.89 Å². The second-order valence-corrected chi connectivity index (χ2v) is 11.5. The van der Waals surface area contributed by atoms with Gasteiger partial charge >= 0.3 is 18.0 Å². The number of hydrogen-bond acceptors (Lipinski definition) is 11. The van der Waals surface area contributed by atoms with Gasteiger partial charge < -0.3 is 38.2 Å². The van der Waals surface area contributed by atoms with E-state index in [1.165, 1.54) is 13.2 Å². The van der Waals surface area contributed by atoms with Crippen LogP contribution in [0, 0.1) is 0 Å². The molecule has 3 aliphatic rings. The van der Waals surface area contributed by atoms with E-state index in [0.29, 0.717) is 44.4 Å². The number of nitrogens with one attached hydrogen (secondary N) is 1. The molecule has 1 aromatic rings. The molecule has 0 spiro atoms. The van der Waals surface area contributed by atoms with Gasteiger partial charge in [-0.25, -0.2) is 14.6 Å². The highest BCUT2D eigenvalue weighted by Gasteiger charge is 2.59. The van der Waals surface area contributed by atoms with Gasteiger partial charge in [-0.3, -0.25) is 4.79 Å². The molecule has 7 atom stereocenters. The maximum absolute atomic E-state index is 12.8. The second-order valence-electron chi connectivity index (χ2n) is 11.5. The minimum atomic E-state index is -0.518. The average Bonchev–Trinajstić information content (AvgIpc) is 3.42. The molecule has 3 saturated heterocycles. The number of nitrogens with zero attached hydrogens (tertiary/aromatic N) is 1. The van der Waals surface area contributed by atoms with E-state index >= 15 is 0 Å². The lowest BCUT2D eigenvalue weighted by atomic mass is 9.89. The lowest BCUT2D eigenvalue weighted by molar-refractivity contribution is -0.167. The number of carbonyl (C=O) groups excluding carboxylic acids is 3. The molecule has 2 bridgehead atoms. The standard InChI is InChI=1S/C31H44N2O10/c1-5-9-21-14-24(37-3)18-31(2)29(43-31)25-16-22(15-23(40-25)17-28(35)41-21)42-27(34)12-7-6-10-20-19-39-26(33-20)11-8-13-32-30(36)38-4/h7-8,11-12,19,21-25,29H,5-6,9-10,13-18H2,1-4H3,(H,32,36)/b11-8+,12-7+/t21-,22-,23+,24+,25+,29-,31+/m0/s1. The molecule has 12 heteroatoms. The maximum Gasteiger partial charge on any atom is 0.407 e. The van der Waals surface area contributed by atoms with E-state index in [0.717, 1.165) is 18.5 Å². The zero-order chi connectivity index (χ0) is 30.8. The summed E-state index contributed by atoms with van der Waals surface area (Å²) in [5.74, 6) is -0.344. The fourth-order valence-corrected chi connectivity index (χ4v) is 5.80. The average molecular weight is 605 g/mol. The molecule has 12 nitrogen and oxygen atoms in total. The molecule has 3 fully saturated rings. The van der Waals surface area contributed by atoms with Crippen LogP contribution in [0.25, 0.3) is 6.08 Å². The molecule has 238 valence electrons. The fourth-order valence-electron chi connectivity index (χ4n) is 5.80. The van der Waals surface area contributed by atoms with Crippen LogP contribution in [0.1, 0.15) is 76.8 Å². The van der Waals surface area contributed by atoms with Gasteiger partial charge in [-0.15, -0.1) is 0 Å². The van der Waals surface area contributed by atoms with E-state index in [2.05, 4.69) is 28.9 Å². The monoisotopic (exact) mass is 604 g/mol. The lowest BCUT2D eigenvalue weighted by Crippen LogP contribution is -2.44. The number of alkyl carbamates (subject to hydrolysis) is 1. The first kappa shape index (κ1) is 32.7. The molecule has 0 unspecified atom stereocenters. The topological polar surface area (TPSA) is 148 Å². The quantitative estimate of drug-likeness (QED) is 0.169. The third kappa shape index (κ3) is 9.90. The van der Waals surface area contributed by atoms with Crippen LogP contribution < -0.4 is 5.32 Å². The number of amides is 1. The Labute approximate surface area is 252 Å². The minimum Gasteiger partial charge on any atom is -0.462 e. The molecular weight excluding hydrogens is 560 g/mol. The first-order valence-corrected chi connectivity index (χ1v) is 15.1. The number of carbonyl (C=O) groups is 3. The van der Waals surface area contributed by atoms with Crippen LogP contribution >= 0.6 is 0 Å². The number of hydrogen-bond donors (Lipinski definition) is 1. The van der Waals surface area contributed by atoms with E-state index in [-0.39, 0.29) is 43.4 Å². The number of allylic oxidation sites excluding steroid dienone is 1. The highest BCUT2D eigenvalue weighted by molar-refractivity contribution is 5.82. The Hall–Kier alpha value is -3.22. The van der Waals surface area contributed by atoms with Crippen LogP contribution in [-0.2, 0) is 44.4 Å². The van der Waals surface area contributed by atoms with Crippen molar-refractivity contribution in [3.05, 3.63) is 36.1 Å². The van der Waals surface area contributed by atoms with Crippen molar-refractivity contribution in [1.82, 2.24) is 10.3 Å². The molecule has 3 aliphatic heterocycles. The summed E-state index contributed by atoms with van der Waals surface area (Å²) in [4.78, 5) is 40.9. The van der Waals surface area contributed by atoms with Crippen LogP contribution in [0.2, 0.25) is 0 Å². The van der Waals surface area contributed by atoms with Crippen molar-refractivity contribution in [1.29, 1.82) is 0 Å². The van der Waals surface area contributed by atoms with Crippen LogP contribution in [0.5, 0.6) is 0 Å². The summed E-state index contributed by atoms with van der Waals surface area (Å²) in [6.07, 6.45) is 11.0. The van der Waals surface area contributed by atoms with Crippen molar-refractivity contribution >= 4 is 24.1 Å². The summed E-state index contributed by atoms with van der Waals surface area (Å²) in [6.45, 7) is 4.41. The molecule has 0 aromatic carbocycles. The van der Waals surface area contributed by atoms with Crippen LogP contribution in [-0.4, -0.2) is 86.0 Å². The molecule has 1 N–H and O–H groups in total. The van der Waals surface area contributed by atoms with Gasteiger partial charge in [0.15, 0.2) is 0 Å². The predicted molar refractivity (Wildman–Crippen MR) is 154 cm³/mol. The maximum atomic E-state index is 12.8. The SMILES string of the molecule is CCC[C@H]1C[C@@H](OC)C[C@@]2(C)O[C@H]2[C@H]2C[C@@H](OC(=O)/C=C/CCc3coc(/C=C/CNC(=O)OC)n3)C[C@H](CC(=O)O1)O2. The number of ether oxygens (including phenoxy) is 6. The Kier molecular flexibility index (Phi) is 11.8. The van der Waals surface area contributed by atoms with Crippen molar-refractivity contribution in [2.75, 3.05) is 20.8 Å². The van der Waals surface area contributed by atoms with Gasteiger partial charge in [0.1, 0.15) is 24.6 Å². The van der Waals surface area contributed by atoms with Gasteiger partial charge in [0.05, 0.1) is 43.1 Å². The third-order valence-corrected chi connectivity index (χ3v) is 7.95. The number of aryl methyl sites for hydroxylation is 1. The number of esters is 2. The highest BCUT2D eigenvalue weighted by atomic mass is 16.6. The fraction of sp³-hybridized carbons (Fsp3) is 0.677. The normalized spacial score (nSPS) is 31.0. The summed E-state index contributed by atoms with van der Waals surface area (Å²) in [6, 6.07) is 0. The zero-order valence-corrected chi connectivity index (χ0v) is 25.5. The third-order valence-electron chi connectivity index (χ3n) is 7.95. The highest BCUT2D eigenvalue weighted by Crippen LogP contribution is 2.47. The Bertz CT molecular complexity index is 1150. The van der Waals surface area contributed by atoms with Gasteiger partial charge in [-0.2, -0.15) is 0 Å². The zero-order valence-electron chi connectivity index (χ0n) is 25.5. The van der Waals surface area contributed by atoms with Gasteiger partial charge in [-0.05, 0) is 32.3 Å². The van der Waals surface area contributed by atoms with E-state index in [4.69, 9.17) is 28.1 Å². The van der Waals surface area contributed by atoms with Crippen molar-refractivity contribution in [2.45, 2.75) is 114 Å². The van der Waals surface area contributed by atoms with Crippen molar-refractivity contribution < 1.29 is 47.2 Å². The summed E-state index contributed by atoms with van der Waals surface area (Å²) >= 11 is 0. The number of epoxide rings is 1. The summed E-state index contributed by atoms with van der Waals surface area (Å²) in [5, 5.41) is 2.53. The largest absolute Gasteiger partial charge is 0.462 e. The van der Waals surface area contributed by atoms with E-state index in [1.54, 1.807) is 31.6 Å². The minimum absolute atomic E-state index is 0.0956. The van der Waals surface area contributed by atoms with Crippen LogP contribution in [0.4, 0.5) is 4.79 Å². The van der Waals surface area contributed by atoms with Gasteiger partial charge in [-0.1, -0.05) is 25.5 Å². The molecule has 43 heavy (non-hydrogen) atoms. The van der Waals surface area contributed by atoms with E-state index in [9.17, 15) is 14.4 Å². The number of methoxy groups -OCH3 is 2. The number of cyclic esters (lactones) is 1. The van der Waals surface area contributed by atoms with Crippen molar-refractivity contribution in [3.8, 4) is 0 Å². The van der Waals surface area contributed by atoms with Crippen molar-refractivity contribution in [3.63, 3.8) is 0 Å². The predicted octanol–water partition coefficient (Wildman–Crippen LogP) is 4.06. The first-order chi connectivity index (χ1) is 20.7. The van der Waals surface area contributed by atoms with Crippen molar-refractivity contribution in [2.24, 2.45) is 0 Å². The summed E-state index contributed by atoms with van der Waals surface area (Å²) in [5.41, 5.74) is 0.330. The van der Waals surface area contributed by atoms with E-state index in [1.807, 2.05) is 0 Å². The smallest absolute Gasteiger partial charge is 0.407 e. The number of fused-ring (bicyclic) bond motifs is 4. The first-order valence-electron chi connectivity index (χ1n) is 15.1. The Morgan fingerprint density at radius 1 is 1.19 bits per heavy atom. The summed E-state index contributed by atoms with van der Waals surface area (Å²) in [7, 11) is 2.97. The van der Waals surface area contributed by atoms with Crippen LogP contribution in [0.15, 0.2) is 28.9 Å². The molecule has 0 aliphatic carbocycles. The molecule has 1 amide bonds. The Morgan fingerprint density at radius 2 is 2.02 bits per heavy atom. The summed E-state index contributed by atoms with van der Waals surface area (Å²) < 4.78 is 39.7. The Balaban J connectivity index is 1.28. The van der Waals surface area contributed by atoms with Crippen LogP contribution in [0.3, 0.4) is 0 Å². The number of rotatable bonds is 11. The molecule has 4 rings (SSSR count).